The molecule has 0 fully saturated rings. The molecular formula is C20H35NO4. The van der Waals surface area contributed by atoms with Crippen LogP contribution in [0.1, 0.15) is 61.3 Å². The number of rotatable bonds is 6. The molecule has 0 bridgehead atoms. The number of aliphatic hydroxyl groups excluding tert-OH is 1. The van der Waals surface area contributed by atoms with E-state index >= 15 is 0 Å². The molecule has 0 saturated heterocycles. The highest BCUT2D eigenvalue weighted by atomic mass is 16.6. The van der Waals surface area contributed by atoms with Gasteiger partial charge in [-0.25, -0.2) is 0 Å². The van der Waals surface area contributed by atoms with Crippen molar-refractivity contribution in [3.8, 4) is 0 Å². The molecule has 1 atom stereocenters. The van der Waals surface area contributed by atoms with Gasteiger partial charge in [0.2, 0.25) is 0 Å². The number of hydrogen-bond acceptors (Lipinski definition) is 5. The number of carbonyl (C=O) groups is 1. The van der Waals surface area contributed by atoms with Crippen LogP contribution >= 0.6 is 0 Å². The van der Waals surface area contributed by atoms with Gasteiger partial charge in [0.15, 0.2) is 0 Å². The Morgan fingerprint density at radius 2 is 1.72 bits per heavy atom. The average Bonchev–Trinajstić information content (AvgIpc) is 2.56. The third kappa shape index (κ3) is 6.65. The number of esters is 1. The number of carbonyl (C=O) groups excluding carboxylic acids is 1. The van der Waals surface area contributed by atoms with E-state index in [9.17, 15) is 4.79 Å². The van der Waals surface area contributed by atoms with E-state index in [1.807, 2.05) is 20.8 Å². The maximum Gasteiger partial charge on any atom is 0.312 e. The van der Waals surface area contributed by atoms with Gasteiger partial charge < -0.3 is 14.7 Å². The number of hydrogen-bond donors (Lipinski definition) is 1. The molecule has 1 aliphatic carbocycles. The first-order valence-electron chi connectivity index (χ1n) is 8.63. The van der Waals surface area contributed by atoms with Crippen molar-refractivity contribution in [2.45, 2.75) is 61.3 Å². The fraction of sp³-hybridized carbons (Fsp3) is 0.700. The van der Waals surface area contributed by atoms with E-state index in [-0.39, 0.29) is 17.3 Å². The molecule has 0 aromatic carbocycles. The van der Waals surface area contributed by atoms with E-state index in [1.54, 1.807) is 0 Å². The number of nitrogens with zero attached hydrogens (tertiary/aromatic N) is 1. The standard InChI is InChI=1S/C19H31NO3.CH4O/c1-12(2)20-23-11-19(6,7)17-10-14(4)13(3)9-16(17)15(5)18(21)22-8;1-2/h15H,9-11H2,1-8H3;2H,1H3. The molecule has 5 nitrogen and oxygen atoms in total. The lowest BCUT2D eigenvalue weighted by molar-refractivity contribution is -0.143. The Hall–Kier alpha value is -1.62. The first-order valence-corrected chi connectivity index (χ1v) is 8.63. The van der Waals surface area contributed by atoms with Crippen molar-refractivity contribution in [3.63, 3.8) is 0 Å². The van der Waals surface area contributed by atoms with Gasteiger partial charge in [0.25, 0.3) is 0 Å². The highest BCUT2D eigenvalue weighted by Crippen LogP contribution is 2.43. The zero-order valence-electron chi connectivity index (χ0n) is 17.3. The molecule has 0 heterocycles. The van der Waals surface area contributed by atoms with Crippen molar-refractivity contribution in [2.75, 3.05) is 20.8 Å². The van der Waals surface area contributed by atoms with E-state index in [0.717, 1.165) is 25.7 Å². The number of oxime groups is 1. The highest BCUT2D eigenvalue weighted by molar-refractivity contribution is 5.78. The lowest BCUT2D eigenvalue weighted by Gasteiger charge is -2.35. The zero-order valence-corrected chi connectivity index (χ0v) is 17.3. The van der Waals surface area contributed by atoms with Gasteiger partial charge >= 0.3 is 5.97 Å². The van der Waals surface area contributed by atoms with Crippen LogP contribution in [0.4, 0.5) is 0 Å². The Kier molecular flexibility index (Phi) is 9.72. The van der Waals surface area contributed by atoms with E-state index in [2.05, 4.69) is 32.9 Å². The molecule has 0 aromatic heterocycles. The lowest BCUT2D eigenvalue weighted by Crippen LogP contribution is -2.28. The number of methoxy groups -OCH3 is 1. The highest BCUT2D eigenvalue weighted by Gasteiger charge is 2.34. The molecule has 0 radical (unpaired) electrons. The fourth-order valence-electron chi connectivity index (χ4n) is 2.89. The van der Waals surface area contributed by atoms with Crippen molar-refractivity contribution < 1.29 is 19.5 Å². The van der Waals surface area contributed by atoms with Gasteiger partial charge in [-0.05, 0) is 47.5 Å². The van der Waals surface area contributed by atoms with Crippen molar-refractivity contribution in [2.24, 2.45) is 16.5 Å². The smallest absolute Gasteiger partial charge is 0.312 e. The van der Waals surface area contributed by atoms with E-state index in [1.165, 1.54) is 29.4 Å². The Balaban J connectivity index is 0.00000277. The third-order valence-electron chi connectivity index (χ3n) is 4.58. The first-order chi connectivity index (χ1) is 11.6. The van der Waals surface area contributed by atoms with E-state index in [0.29, 0.717) is 6.61 Å². The van der Waals surface area contributed by atoms with Gasteiger partial charge in [0, 0.05) is 12.5 Å². The SMILES string of the molecule is CO.COC(=O)C(C)C1=C(C(C)(C)CON=C(C)C)CC(C)=C(C)C1. The Labute approximate surface area is 152 Å². The minimum atomic E-state index is -0.228. The van der Waals surface area contributed by atoms with Crippen molar-refractivity contribution in [1.29, 1.82) is 0 Å². The molecule has 1 rings (SSSR count). The van der Waals surface area contributed by atoms with Crippen LogP contribution in [0.5, 0.6) is 0 Å². The molecule has 5 heteroatoms. The topological polar surface area (TPSA) is 68.1 Å². The summed E-state index contributed by atoms with van der Waals surface area (Å²) >= 11 is 0. The number of allylic oxidation sites excluding steroid dienone is 2. The van der Waals surface area contributed by atoms with Crippen LogP contribution in [0.25, 0.3) is 0 Å². The van der Waals surface area contributed by atoms with Gasteiger partial charge in [-0.2, -0.15) is 0 Å². The second-order valence-corrected chi connectivity index (χ2v) is 7.36. The summed E-state index contributed by atoms with van der Waals surface area (Å²) in [4.78, 5) is 17.6. The summed E-state index contributed by atoms with van der Waals surface area (Å²) in [7, 11) is 2.45. The summed E-state index contributed by atoms with van der Waals surface area (Å²) in [6, 6.07) is 0. The Morgan fingerprint density at radius 3 is 2.20 bits per heavy atom. The van der Waals surface area contributed by atoms with Crippen molar-refractivity contribution in [3.05, 3.63) is 22.3 Å². The van der Waals surface area contributed by atoms with Gasteiger partial charge in [-0.1, -0.05) is 41.3 Å². The molecule has 1 N–H and O–H groups in total. The Bertz CT molecular complexity index is 552. The van der Waals surface area contributed by atoms with Crippen LogP contribution in [0.2, 0.25) is 0 Å². The number of ether oxygens (including phenoxy) is 1. The summed E-state index contributed by atoms with van der Waals surface area (Å²) < 4.78 is 4.96. The molecule has 1 aliphatic rings. The van der Waals surface area contributed by atoms with Gasteiger partial charge in [-0.3, -0.25) is 4.79 Å². The van der Waals surface area contributed by atoms with Crippen LogP contribution in [0.15, 0.2) is 27.4 Å². The van der Waals surface area contributed by atoms with Crippen molar-refractivity contribution >= 4 is 11.7 Å². The summed E-state index contributed by atoms with van der Waals surface area (Å²) in [5.74, 6) is -0.405. The summed E-state index contributed by atoms with van der Waals surface area (Å²) in [6.45, 7) is 14.9. The van der Waals surface area contributed by atoms with Crippen LogP contribution in [0, 0.1) is 11.3 Å². The molecule has 1 unspecified atom stereocenters. The fourth-order valence-corrected chi connectivity index (χ4v) is 2.89. The molecule has 25 heavy (non-hydrogen) atoms. The maximum absolute atomic E-state index is 12.0. The van der Waals surface area contributed by atoms with Crippen LogP contribution in [0.3, 0.4) is 0 Å². The van der Waals surface area contributed by atoms with Crippen LogP contribution in [-0.2, 0) is 14.4 Å². The second-order valence-electron chi connectivity index (χ2n) is 7.36. The summed E-state index contributed by atoms with van der Waals surface area (Å²) in [5.41, 5.74) is 5.89. The third-order valence-corrected chi connectivity index (χ3v) is 4.58. The molecule has 0 aliphatic heterocycles. The number of aliphatic hydroxyl groups is 1. The molecule has 0 aromatic rings. The molecule has 0 spiro atoms. The quantitative estimate of drug-likeness (QED) is 0.335. The van der Waals surface area contributed by atoms with Crippen LogP contribution < -0.4 is 0 Å². The van der Waals surface area contributed by atoms with Gasteiger partial charge in [-0.15, -0.1) is 0 Å². The van der Waals surface area contributed by atoms with Crippen LogP contribution in [-0.4, -0.2) is 37.6 Å². The van der Waals surface area contributed by atoms with E-state index < -0.39 is 0 Å². The minimum absolute atomic E-state index is 0.177. The first kappa shape index (κ1) is 23.4. The largest absolute Gasteiger partial charge is 0.469 e. The molecule has 0 amide bonds. The predicted molar refractivity (Wildman–Crippen MR) is 102 cm³/mol. The predicted octanol–water partition coefficient (Wildman–Crippen LogP) is 4.27. The van der Waals surface area contributed by atoms with E-state index in [4.69, 9.17) is 14.7 Å². The summed E-state index contributed by atoms with van der Waals surface area (Å²) in [5, 5.41) is 11.1. The lowest BCUT2D eigenvalue weighted by atomic mass is 9.71. The molecular weight excluding hydrogens is 318 g/mol. The second kappa shape index (κ2) is 10.4. The molecule has 0 saturated carbocycles. The normalized spacial score (nSPS) is 15.9. The molecule has 144 valence electrons. The van der Waals surface area contributed by atoms with Crippen molar-refractivity contribution in [1.82, 2.24) is 0 Å². The zero-order chi connectivity index (χ0) is 19.8. The monoisotopic (exact) mass is 353 g/mol. The summed E-state index contributed by atoms with van der Waals surface area (Å²) in [6.07, 6.45) is 1.71. The Morgan fingerprint density at radius 1 is 1.20 bits per heavy atom. The van der Waals surface area contributed by atoms with Gasteiger partial charge in [0.05, 0.1) is 18.7 Å². The maximum atomic E-state index is 12.0. The minimum Gasteiger partial charge on any atom is -0.469 e. The average molecular weight is 354 g/mol. The van der Waals surface area contributed by atoms with Gasteiger partial charge in [0.1, 0.15) is 6.61 Å².